The molecule has 0 aliphatic carbocycles. The van der Waals surface area contributed by atoms with Gasteiger partial charge in [-0.25, -0.2) is 4.98 Å². The lowest BCUT2D eigenvalue weighted by molar-refractivity contribution is 0.238. The number of fused-ring (bicyclic) bond motifs is 1. The van der Waals surface area contributed by atoms with E-state index in [4.69, 9.17) is 26.1 Å². The first-order valence-corrected chi connectivity index (χ1v) is 10.2. The van der Waals surface area contributed by atoms with E-state index >= 15 is 0 Å². The van der Waals surface area contributed by atoms with Crippen molar-refractivity contribution in [3.8, 4) is 22.9 Å². The second-order valence-corrected chi connectivity index (χ2v) is 7.83. The van der Waals surface area contributed by atoms with Crippen LogP contribution in [-0.4, -0.2) is 35.6 Å². The fraction of sp³-hybridized carbons (Fsp3) is 0.304. The monoisotopic (exact) mass is 425 g/mol. The Bertz CT molecular complexity index is 1130. The first-order chi connectivity index (χ1) is 14.5. The molecule has 0 fully saturated rings. The number of H-pyrrole nitrogens is 1. The predicted molar refractivity (Wildman–Crippen MR) is 117 cm³/mol. The van der Waals surface area contributed by atoms with Crippen LogP contribution in [0.2, 0.25) is 5.02 Å². The summed E-state index contributed by atoms with van der Waals surface area (Å²) in [6.07, 6.45) is 0.720. The molecule has 3 aromatic rings. The van der Waals surface area contributed by atoms with Gasteiger partial charge in [-0.2, -0.15) is 0 Å². The molecule has 4 rings (SSSR count). The first kappa shape index (κ1) is 20.4. The topological polar surface area (TPSA) is 67.5 Å². The third-order valence-corrected chi connectivity index (χ3v) is 5.77. The largest absolute Gasteiger partial charge is 0.496 e. The van der Waals surface area contributed by atoms with Crippen LogP contribution in [0, 0.1) is 6.92 Å². The number of rotatable bonds is 5. The van der Waals surface area contributed by atoms with Gasteiger partial charge in [0.15, 0.2) is 0 Å². The number of ether oxygens (including phenoxy) is 2. The molecule has 0 bridgehead atoms. The normalized spacial score (nSPS) is 13.7. The zero-order valence-corrected chi connectivity index (χ0v) is 18.0. The molecule has 2 heterocycles. The van der Waals surface area contributed by atoms with Gasteiger partial charge in [-0.3, -0.25) is 9.69 Å². The van der Waals surface area contributed by atoms with Crippen LogP contribution in [0.4, 0.5) is 0 Å². The first-order valence-electron chi connectivity index (χ1n) is 9.81. The minimum absolute atomic E-state index is 0.0903. The minimum atomic E-state index is -0.0903. The zero-order valence-electron chi connectivity index (χ0n) is 17.3. The average molecular weight is 426 g/mol. The number of nitrogens with zero attached hydrogens (tertiary/aromatic N) is 2. The molecule has 156 valence electrons. The summed E-state index contributed by atoms with van der Waals surface area (Å²) in [7, 11) is 3.32. The summed E-state index contributed by atoms with van der Waals surface area (Å²) in [4.78, 5) is 22.7. The van der Waals surface area contributed by atoms with Gasteiger partial charge in [0.25, 0.3) is 5.56 Å². The van der Waals surface area contributed by atoms with E-state index in [1.807, 2.05) is 31.2 Å². The molecular weight excluding hydrogens is 402 g/mol. The Labute approximate surface area is 180 Å². The lowest BCUT2D eigenvalue weighted by Gasteiger charge is -2.28. The summed E-state index contributed by atoms with van der Waals surface area (Å²) < 4.78 is 11.0. The third-order valence-electron chi connectivity index (χ3n) is 5.52. The van der Waals surface area contributed by atoms with Crippen LogP contribution >= 0.6 is 11.6 Å². The van der Waals surface area contributed by atoms with Gasteiger partial charge in [0.2, 0.25) is 0 Å². The summed E-state index contributed by atoms with van der Waals surface area (Å²) >= 11 is 5.96. The summed E-state index contributed by atoms with van der Waals surface area (Å²) in [5.41, 5.74) is 4.39. The molecular formula is C23H24ClN3O3. The molecule has 6 nitrogen and oxygen atoms in total. The van der Waals surface area contributed by atoms with Gasteiger partial charge in [0.05, 0.1) is 25.5 Å². The van der Waals surface area contributed by atoms with Gasteiger partial charge in [-0.1, -0.05) is 17.7 Å². The van der Waals surface area contributed by atoms with Gasteiger partial charge in [-0.15, -0.1) is 0 Å². The van der Waals surface area contributed by atoms with E-state index in [2.05, 4.69) is 9.88 Å². The molecule has 0 radical (unpaired) electrons. The Kier molecular flexibility index (Phi) is 5.79. The number of hydrogen-bond donors (Lipinski definition) is 1. The maximum atomic E-state index is 12.8. The fourth-order valence-electron chi connectivity index (χ4n) is 3.96. The molecule has 2 aromatic carbocycles. The van der Waals surface area contributed by atoms with Gasteiger partial charge < -0.3 is 14.5 Å². The highest BCUT2D eigenvalue weighted by Gasteiger charge is 2.23. The van der Waals surface area contributed by atoms with E-state index in [0.29, 0.717) is 23.9 Å². The molecule has 0 spiro atoms. The van der Waals surface area contributed by atoms with Crippen LogP contribution in [0.3, 0.4) is 0 Å². The van der Waals surface area contributed by atoms with Crippen LogP contribution in [0.1, 0.15) is 22.4 Å². The van der Waals surface area contributed by atoms with Crippen molar-refractivity contribution in [2.24, 2.45) is 0 Å². The standard InChI is InChI=1S/C23H24ClN3O3/c1-14-20(29-2)9-6-16(21(14)30-3)12-27-11-10-19-18(13-27)23(28)26-22(25-19)15-4-7-17(24)8-5-15/h4-9H,10-13H2,1-3H3,(H,25,26,28). The molecule has 0 unspecified atom stereocenters. The lowest BCUT2D eigenvalue weighted by Crippen LogP contribution is -2.35. The summed E-state index contributed by atoms with van der Waals surface area (Å²) in [5, 5.41) is 0.652. The molecule has 1 aliphatic rings. The Hall–Kier alpha value is -2.83. The van der Waals surface area contributed by atoms with E-state index < -0.39 is 0 Å². The number of halogens is 1. The fourth-order valence-corrected chi connectivity index (χ4v) is 4.09. The second kappa shape index (κ2) is 8.50. The van der Waals surface area contributed by atoms with Gasteiger partial charge in [0, 0.05) is 47.8 Å². The predicted octanol–water partition coefficient (Wildman–Crippen LogP) is 3.97. The molecule has 0 atom stereocenters. The molecule has 1 N–H and O–H groups in total. The summed E-state index contributed by atoms with van der Waals surface area (Å²) in [6.45, 7) is 4.04. The van der Waals surface area contributed by atoms with Gasteiger partial charge in [-0.05, 0) is 37.3 Å². The Morgan fingerprint density at radius 3 is 2.60 bits per heavy atom. The Morgan fingerprint density at radius 2 is 1.90 bits per heavy atom. The van der Waals surface area contributed by atoms with Crippen molar-refractivity contribution in [1.82, 2.24) is 14.9 Å². The van der Waals surface area contributed by atoms with Crippen molar-refractivity contribution in [1.29, 1.82) is 0 Å². The number of nitrogens with one attached hydrogen (secondary N) is 1. The van der Waals surface area contributed by atoms with Crippen molar-refractivity contribution in [2.75, 3.05) is 20.8 Å². The van der Waals surface area contributed by atoms with Crippen LogP contribution in [-0.2, 0) is 19.5 Å². The van der Waals surface area contributed by atoms with Crippen molar-refractivity contribution in [3.05, 3.63) is 74.2 Å². The second-order valence-electron chi connectivity index (χ2n) is 7.39. The van der Waals surface area contributed by atoms with Crippen molar-refractivity contribution in [2.45, 2.75) is 26.4 Å². The van der Waals surface area contributed by atoms with Crippen LogP contribution in [0.25, 0.3) is 11.4 Å². The van der Waals surface area contributed by atoms with Crippen molar-refractivity contribution < 1.29 is 9.47 Å². The maximum Gasteiger partial charge on any atom is 0.255 e. The van der Waals surface area contributed by atoms with Crippen LogP contribution in [0.15, 0.2) is 41.2 Å². The van der Waals surface area contributed by atoms with E-state index in [1.54, 1.807) is 26.4 Å². The highest BCUT2D eigenvalue weighted by Crippen LogP contribution is 2.32. The van der Waals surface area contributed by atoms with Crippen molar-refractivity contribution in [3.63, 3.8) is 0 Å². The average Bonchev–Trinajstić information content (AvgIpc) is 2.75. The highest BCUT2D eigenvalue weighted by atomic mass is 35.5. The number of aromatic amines is 1. The van der Waals surface area contributed by atoms with Gasteiger partial charge >= 0.3 is 0 Å². The number of aromatic nitrogens is 2. The molecule has 0 saturated carbocycles. The summed E-state index contributed by atoms with van der Waals surface area (Å²) in [5.74, 6) is 2.21. The van der Waals surface area contributed by atoms with Gasteiger partial charge in [0.1, 0.15) is 17.3 Å². The SMILES string of the molecule is COc1ccc(CN2CCc3nc(-c4ccc(Cl)cc4)[nH]c(=O)c3C2)c(OC)c1C. The van der Waals surface area contributed by atoms with E-state index in [1.165, 1.54) is 0 Å². The Morgan fingerprint density at radius 1 is 1.13 bits per heavy atom. The van der Waals surface area contributed by atoms with Crippen molar-refractivity contribution >= 4 is 11.6 Å². The third kappa shape index (κ3) is 3.93. The molecule has 1 aliphatic heterocycles. The quantitative estimate of drug-likeness (QED) is 0.669. The van der Waals surface area contributed by atoms with E-state index in [9.17, 15) is 4.79 Å². The zero-order chi connectivity index (χ0) is 21.3. The lowest BCUT2D eigenvalue weighted by atomic mass is 10.0. The van der Waals surface area contributed by atoms with Crippen LogP contribution < -0.4 is 15.0 Å². The molecule has 7 heteroatoms. The van der Waals surface area contributed by atoms with E-state index in [-0.39, 0.29) is 5.56 Å². The molecule has 30 heavy (non-hydrogen) atoms. The van der Waals surface area contributed by atoms with Crippen LogP contribution in [0.5, 0.6) is 11.5 Å². The number of hydrogen-bond acceptors (Lipinski definition) is 5. The minimum Gasteiger partial charge on any atom is -0.496 e. The smallest absolute Gasteiger partial charge is 0.255 e. The number of benzene rings is 2. The molecule has 0 saturated heterocycles. The maximum absolute atomic E-state index is 12.8. The Balaban J connectivity index is 1.58. The summed E-state index contributed by atoms with van der Waals surface area (Å²) in [6, 6.07) is 11.3. The highest BCUT2D eigenvalue weighted by molar-refractivity contribution is 6.30. The molecule has 1 aromatic heterocycles. The van der Waals surface area contributed by atoms with E-state index in [0.717, 1.165) is 52.4 Å². The number of methoxy groups -OCH3 is 2. The molecule has 0 amide bonds.